The number of halogens is 4. The zero-order valence-electron chi connectivity index (χ0n) is 23.7. The predicted molar refractivity (Wildman–Crippen MR) is 151 cm³/mol. The Hall–Kier alpha value is -3.45. The molecule has 43 heavy (non-hydrogen) atoms. The molecule has 9 nitrogen and oxygen atoms in total. The summed E-state index contributed by atoms with van der Waals surface area (Å²) in [6.45, 7) is 8.19. The third kappa shape index (κ3) is 6.87. The van der Waals surface area contributed by atoms with Crippen molar-refractivity contribution in [3.05, 3.63) is 65.6 Å². The molecule has 2 atom stereocenters. The van der Waals surface area contributed by atoms with Crippen molar-refractivity contribution >= 4 is 17.3 Å². The molecular weight excluding hydrogens is 585 g/mol. The number of anilines is 2. The Labute approximate surface area is 254 Å². The average Bonchev–Trinajstić information content (AvgIpc) is 3.00. The van der Waals surface area contributed by atoms with Crippen LogP contribution in [0.3, 0.4) is 0 Å². The highest BCUT2D eigenvalue weighted by Gasteiger charge is 2.43. The molecule has 13 heteroatoms. The van der Waals surface area contributed by atoms with Crippen LogP contribution in [0.5, 0.6) is 5.88 Å². The molecule has 0 spiro atoms. The van der Waals surface area contributed by atoms with E-state index in [9.17, 15) is 18.0 Å². The van der Waals surface area contributed by atoms with E-state index in [4.69, 9.17) is 14.5 Å². The molecule has 0 radical (unpaired) electrons. The lowest BCUT2D eigenvalue weighted by molar-refractivity contribution is -0.687. The Morgan fingerprint density at radius 1 is 1.12 bits per heavy atom. The summed E-state index contributed by atoms with van der Waals surface area (Å²) in [5.41, 5.74) is 2.51. The fourth-order valence-electron chi connectivity index (χ4n) is 5.97. The highest BCUT2D eigenvalue weighted by atomic mass is 35.5. The maximum Gasteiger partial charge on any atom is 0.416 e. The summed E-state index contributed by atoms with van der Waals surface area (Å²) in [4.78, 5) is 26.7. The molecule has 2 unspecified atom stereocenters. The summed E-state index contributed by atoms with van der Waals surface area (Å²) >= 11 is 0. The fourth-order valence-corrected chi connectivity index (χ4v) is 5.97. The number of hydrogen-bond acceptors (Lipinski definition) is 7. The maximum absolute atomic E-state index is 13.1. The zero-order valence-corrected chi connectivity index (χ0v) is 24.5. The number of nitrogens with one attached hydrogen (secondary N) is 1. The predicted octanol–water partition coefficient (Wildman–Crippen LogP) is -0.0376. The quantitative estimate of drug-likeness (QED) is 0.366. The van der Waals surface area contributed by atoms with E-state index in [1.807, 2.05) is 13.0 Å². The van der Waals surface area contributed by atoms with Gasteiger partial charge < -0.3 is 37.4 Å². The van der Waals surface area contributed by atoms with Crippen LogP contribution in [0.25, 0.3) is 11.1 Å². The van der Waals surface area contributed by atoms with Crippen molar-refractivity contribution in [2.24, 2.45) is 0 Å². The molecule has 5 heterocycles. The van der Waals surface area contributed by atoms with Crippen molar-refractivity contribution in [2.45, 2.75) is 31.6 Å². The van der Waals surface area contributed by atoms with E-state index in [2.05, 4.69) is 25.4 Å². The molecule has 0 aliphatic carbocycles. The van der Waals surface area contributed by atoms with Gasteiger partial charge in [0, 0.05) is 48.2 Å². The summed E-state index contributed by atoms with van der Waals surface area (Å²) < 4.78 is 51.2. The lowest BCUT2D eigenvalue weighted by Crippen LogP contribution is -3.00. The van der Waals surface area contributed by atoms with Crippen LogP contribution in [0.4, 0.5) is 24.5 Å². The number of quaternary nitrogens is 1. The Balaban J connectivity index is 0.00000368. The number of ether oxygens (including phenoxy) is 2. The number of benzene rings is 1. The van der Waals surface area contributed by atoms with E-state index in [1.54, 1.807) is 12.3 Å². The van der Waals surface area contributed by atoms with Crippen LogP contribution in [0.2, 0.25) is 0 Å². The largest absolute Gasteiger partial charge is 1.00 e. The van der Waals surface area contributed by atoms with Gasteiger partial charge in [-0.2, -0.15) is 13.2 Å². The van der Waals surface area contributed by atoms with E-state index in [0.29, 0.717) is 56.6 Å². The summed E-state index contributed by atoms with van der Waals surface area (Å²) in [7, 11) is 0. The van der Waals surface area contributed by atoms with Gasteiger partial charge in [-0.05, 0) is 43.7 Å². The summed E-state index contributed by atoms with van der Waals surface area (Å²) in [6, 6.07) is 9.38. The smallest absolute Gasteiger partial charge is 0.416 e. The Kier molecular flexibility index (Phi) is 9.40. The number of nitrogens with two attached hydrogens (primary N) is 1. The minimum atomic E-state index is -4.54. The normalized spacial score (nSPS) is 20.1. The summed E-state index contributed by atoms with van der Waals surface area (Å²) in [5.74, 6) is -0.0877. The van der Waals surface area contributed by atoms with Gasteiger partial charge in [0.2, 0.25) is 5.88 Å². The number of amides is 1. The third-order valence-corrected chi connectivity index (χ3v) is 8.24. The molecule has 230 valence electrons. The number of morpholine rings is 1. The number of aromatic nitrogens is 2. The number of pyridine rings is 2. The van der Waals surface area contributed by atoms with E-state index < -0.39 is 17.6 Å². The van der Waals surface area contributed by atoms with Crippen LogP contribution in [0.1, 0.15) is 28.0 Å². The molecule has 3 aliphatic rings. The lowest BCUT2D eigenvalue weighted by atomic mass is 9.89. The lowest BCUT2D eigenvalue weighted by Gasteiger charge is -2.50. The molecule has 2 aromatic heterocycles. The minimum absolute atomic E-state index is 0. The number of carbonyl (C=O) groups is 1. The number of piperazine rings is 1. The molecule has 3 saturated heterocycles. The Bertz CT molecular complexity index is 1440. The van der Waals surface area contributed by atoms with Gasteiger partial charge in [0.25, 0.3) is 5.91 Å². The van der Waals surface area contributed by atoms with E-state index >= 15 is 0 Å². The highest BCUT2D eigenvalue weighted by Crippen LogP contribution is 2.35. The number of aryl methyl sites for hydroxylation is 1. The Morgan fingerprint density at radius 2 is 1.88 bits per heavy atom. The van der Waals surface area contributed by atoms with E-state index in [-0.39, 0.29) is 18.0 Å². The van der Waals surface area contributed by atoms with Gasteiger partial charge in [-0.3, -0.25) is 14.7 Å². The van der Waals surface area contributed by atoms with Crippen molar-refractivity contribution in [3.63, 3.8) is 0 Å². The van der Waals surface area contributed by atoms with Gasteiger partial charge >= 0.3 is 6.18 Å². The fraction of sp³-hybridized carbons (Fsp3) is 0.433. The number of piperidine rings is 1. The van der Waals surface area contributed by atoms with Gasteiger partial charge in [0.1, 0.15) is 12.3 Å². The van der Waals surface area contributed by atoms with Crippen molar-refractivity contribution < 1.29 is 45.2 Å². The van der Waals surface area contributed by atoms with Crippen LogP contribution in [0.15, 0.2) is 48.8 Å². The molecule has 1 amide bonds. The Morgan fingerprint density at radius 3 is 2.60 bits per heavy atom. The number of carbonyl (C=O) groups excluding carboxylic acids is 1. The first-order valence-corrected chi connectivity index (χ1v) is 14.2. The summed E-state index contributed by atoms with van der Waals surface area (Å²) in [6.07, 6.45) is -0.0477. The van der Waals surface area contributed by atoms with Gasteiger partial charge in [-0.15, -0.1) is 0 Å². The third-order valence-electron chi connectivity index (χ3n) is 8.24. The second-order valence-corrected chi connectivity index (χ2v) is 10.9. The van der Waals surface area contributed by atoms with Crippen molar-refractivity contribution in [2.75, 3.05) is 62.8 Å². The SMILES string of the molecule is Cc1ncc(NC(=O)c2cccc(C(F)(F)F)c2)cc1-c1cnc(OCCN2C3C[NH2+]CC2C3)c(N2CCOCC2)c1.[Cl-]. The molecular formula is C30H34ClF3N6O3. The monoisotopic (exact) mass is 618 g/mol. The number of fused-ring (bicyclic) bond motifs is 2. The highest BCUT2D eigenvalue weighted by molar-refractivity contribution is 6.04. The summed E-state index contributed by atoms with van der Waals surface area (Å²) in [5, 5.41) is 5.07. The molecule has 3 N–H and O–H groups in total. The van der Waals surface area contributed by atoms with Crippen LogP contribution >= 0.6 is 0 Å². The number of hydrogen-bond donors (Lipinski definition) is 2. The molecule has 2 bridgehead atoms. The number of nitrogens with zero attached hydrogens (tertiary/aromatic N) is 4. The first-order valence-electron chi connectivity index (χ1n) is 14.2. The molecule has 0 saturated carbocycles. The standard InChI is InChI=1S/C30H33F3N6O3.ClH/c1-19-26(13-23(16-35-19)37-28(40)20-3-2-4-22(11-20)30(31,32)33)21-12-27(38-5-8-41-9-6-38)29(36-15-21)42-10-7-39-24-14-25(39)18-34-17-24;/h2-4,11-13,15-16,24-25,34H,5-10,14,17-18H2,1H3,(H,37,40);1H. The maximum atomic E-state index is 13.1. The number of rotatable bonds is 8. The molecule has 3 aliphatic heterocycles. The molecule has 3 fully saturated rings. The van der Waals surface area contributed by atoms with Crippen LogP contribution in [0, 0.1) is 6.92 Å². The second-order valence-electron chi connectivity index (χ2n) is 10.9. The molecule has 6 rings (SSSR count). The van der Waals surface area contributed by atoms with Crippen molar-refractivity contribution in [1.82, 2.24) is 14.9 Å². The number of alkyl halides is 3. The van der Waals surface area contributed by atoms with Gasteiger partial charge in [-0.25, -0.2) is 4.98 Å². The zero-order chi connectivity index (χ0) is 29.3. The first kappa shape index (κ1) is 31.0. The van der Waals surface area contributed by atoms with Gasteiger partial charge in [0.15, 0.2) is 0 Å². The first-order chi connectivity index (χ1) is 20.3. The van der Waals surface area contributed by atoms with Gasteiger partial charge in [-0.1, -0.05) is 6.07 Å². The van der Waals surface area contributed by atoms with Crippen LogP contribution in [-0.4, -0.2) is 85.4 Å². The van der Waals surface area contributed by atoms with Crippen LogP contribution < -0.4 is 32.7 Å². The second kappa shape index (κ2) is 13.0. The van der Waals surface area contributed by atoms with E-state index in [0.717, 1.165) is 54.3 Å². The van der Waals surface area contributed by atoms with E-state index in [1.165, 1.54) is 24.8 Å². The van der Waals surface area contributed by atoms with Crippen LogP contribution in [-0.2, 0) is 10.9 Å². The molecule has 1 aromatic carbocycles. The van der Waals surface area contributed by atoms with Crippen molar-refractivity contribution in [1.29, 1.82) is 0 Å². The average molecular weight is 619 g/mol. The minimum Gasteiger partial charge on any atom is -1.00 e. The van der Waals surface area contributed by atoms with Crippen molar-refractivity contribution in [3.8, 4) is 17.0 Å². The topological polar surface area (TPSA) is 96.4 Å². The van der Waals surface area contributed by atoms with Gasteiger partial charge in [0.05, 0.1) is 55.8 Å². The molecule has 3 aromatic rings.